The van der Waals surface area contributed by atoms with Gasteiger partial charge in [-0.05, 0) is 48.1 Å². The normalized spacial score (nSPS) is 21.8. The lowest BCUT2D eigenvalue weighted by molar-refractivity contribution is 0.225. The average molecular weight is 353 g/mol. The van der Waals surface area contributed by atoms with Crippen molar-refractivity contribution in [2.24, 2.45) is 5.92 Å². The summed E-state index contributed by atoms with van der Waals surface area (Å²) in [5, 5.41) is 0. The largest absolute Gasteiger partial charge is 0.496 e. The summed E-state index contributed by atoms with van der Waals surface area (Å²) < 4.78 is 16.9. The van der Waals surface area contributed by atoms with Crippen molar-refractivity contribution in [3.05, 3.63) is 53.6 Å². The molecule has 1 aliphatic carbocycles. The number of benzene rings is 2. The van der Waals surface area contributed by atoms with Gasteiger partial charge in [0, 0.05) is 25.6 Å². The molecule has 1 heterocycles. The van der Waals surface area contributed by atoms with Crippen LogP contribution < -0.4 is 14.2 Å². The maximum absolute atomic E-state index is 5.96. The molecule has 2 unspecified atom stereocenters. The summed E-state index contributed by atoms with van der Waals surface area (Å²) in [6, 6.07) is 14.4. The van der Waals surface area contributed by atoms with Crippen molar-refractivity contribution in [2.75, 3.05) is 40.5 Å². The maximum Gasteiger partial charge on any atom is 0.161 e. The lowest BCUT2D eigenvalue weighted by Gasteiger charge is -2.28. The van der Waals surface area contributed by atoms with Crippen LogP contribution in [0.2, 0.25) is 0 Å². The third-order valence-corrected chi connectivity index (χ3v) is 5.80. The maximum atomic E-state index is 5.96. The minimum absolute atomic E-state index is 0.625. The highest BCUT2D eigenvalue weighted by Gasteiger charge is 2.38. The minimum Gasteiger partial charge on any atom is -0.496 e. The Morgan fingerprint density at radius 3 is 2.50 bits per heavy atom. The Morgan fingerprint density at radius 2 is 1.69 bits per heavy atom. The third-order valence-electron chi connectivity index (χ3n) is 5.80. The number of methoxy groups -OCH3 is 2. The first-order valence-corrected chi connectivity index (χ1v) is 9.44. The van der Waals surface area contributed by atoms with Gasteiger partial charge in [0.05, 0.1) is 14.2 Å². The standard InChI is InChI=1S/C22H27NO3/c1-24-20-9-5-6-17-18(20)11-10-16-14-23(15-19(16)17)12-13-26-22-8-4-3-7-21(22)25-2/h3-9,16,19H,10-15H2,1-2H3. The molecule has 4 heteroatoms. The second-order valence-corrected chi connectivity index (χ2v) is 7.19. The van der Waals surface area contributed by atoms with Gasteiger partial charge < -0.3 is 14.2 Å². The highest BCUT2D eigenvalue weighted by Crippen LogP contribution is 2.43. The molecule has 2 aromatic carbocycles. The number of hydrogen-bond donors (Lipinski definition) is 0. The summed E-state index contributed by atoms with van der Waals surface area (Å²) in [4.78, 5) is 2.54. The average Bonchev–Trinajstić information content (AvgIpc) is 3.11. The molecule has 1 aliphatic heterocycles. The molecule has 0 N–H and O–H groups in total. The van der Waals surface area contributed by atoms with E-state index in [9.17, 15) is 0 Å². The molecule has 0 bridgehead atoms. The first kappa shape index (κ1) is 17.2. The summed E-state index contributed by atoms with van der Waals surface area (Å²) >= 11 is 0. The van der Waals surface area contributed by atoms with Crippen LogP contribution in [0.5, 0.6) is 17.2 Å². The van der Waals surface area contributed by atoms with Crippen LogP contribution >= 0.6 is 0 Å². The van der Waals surface area contributed by atoms with Crippen molar-refractivity contribution >= 4 is 0 Å². The lowest BCUT2D eigenvalue weighted by Crippen LogP contribution is -2.26. The fourth-order valence-electron chi connectivity index (χ4n) is 4.53. The van der Waals surface area contributed by atoms with Crippen molar-refractivity contribution in [3.8, 4) is 17.2 Å². The molecule has 4 nitrogen and oxygen atoms in total. The summed E-state index contributed by atoms with van der Waals surface area (Å²) in [7, 11) is 3.46. The number of rotatable bonds is 6. The zero-order chi connectivity index (χ0) is 17.9. The lowest BCUT2D eigenvalue weighted by atomic mass is 9.77. The van der Waals surface area contributed by atoms with Crippen LogP contribution in [0.25, 0.3) is 0 Å². The van der Waals surface area contributed by atoms with E-state index in [0.717, 1.165) is 49.2 Å². The molecular weight excluding hydrogens is 326 g/mol. The smallest absolute Gasteiger partial charge is 0.161 e. The predicted molar refractivity (Wildman–Crippen MR) is 102 cm³/mol. The number of likely N-dealkylation sites (tertiary alicyclic amines) is 1. The van der Waals surface area contributed by atoms with E-state index in [1.54, 1.807) is 14.2 Å². The van der Waals surface area contributed by atoms with Gasteiger partial charge in [-0.15, -0.1) is 0 Å². The SMILES string of the molecule is COc1ccccc1OCCN1CC2CCc3c(OC)cccc3C2C1. The monoisotopic (exact) mass is 353 g/mol. The minimum atomic E-state index is 0.625. The molecule has 0 spiro atoms. The summed E-state index contributed by atoms with van der Waals surface area (Å²) in [6.45, 7) is 3.91. The molecule has 1 fully saturated rings. The first-order valence-electron chi connectivity index (χ1n) is 9.44. The molecule has 2 aliphatic rings. The van der Waals surface area contributed by atoms with Gasteiger partial charge in [0.25, 0.3) is 0 Å². The topological polar surface area (TPSA) is 30.9 Å². The van der Waals surface area contributed by atoms with Crippen LogP contribution in [0.15, 0.2) is 42.5 Å². The van der Waals surface area contributed by atoms with Crippen molar-refractivity contribution in [3.63, 3.8) is 0 Å². The van der Waals surface area contributed by atoms with Crippen LogP contribution in [0.1, 0.15) is 23.5 Å². The van der Waals surface area contributed by atoms with Crippen LogP contribution in [0.3, 0.4) is 0 Å². The van der Waals surface area contributed by atoms with E-state index < -0.39 is 0 Å². The van der Waals surface area contributed by atoms with Gasteiger partial charge in [-0.25, -0.2) is 0 Å². The van der Waals surface area contributed by atoms with Crippen molar-refractivity contribution in [2.45, 2.75) is 18.8 Å². The number of para-hydroxylation sites is 2. The van der Waals surface area contributed by atoms with E-state index >= 15 is 0 Å². The quantitative estimate of drug-likeness (QED) is 0.791. The molecule has 138 valence electrons. The van der Waals surface area contributed by atoms with Gasteiger partial charge in [0.2, 0.25) is 0 Å². The Bertz CT molecular complexity index is 761. The van der Waals surface area contributed by atoms with E-state index in [-0.39, 0.29) is 0 Å². The number of fused-ring (bicyclic) bond motifs is 3. The van der Waals surface area contributed by atoms with Gasteiger partial charge in [-0.3, -0.25) is 4.90 Å². The van der Waals surface area contributed by atoms with Gasteiger partial charge >= 0.3 is 0 Å². The second kappa shape index (κ2) is 7.58. The number of hydrogen-bond acceptors (Lipinski definition) is 4. The molecular formula is C22H27NO3. The number of nitrogens with zero attached hydrogens (tertiary/aromatic N) is 1. The van der Waals surface area contributed by atoms with Crippen LogP contribution in [-0.2, 0) is 6.42 Å². The van der Waals surface area contributed by atoms with Crippen LogP contribution in [-0.4, -0.2) is 45.4 Å². The Kier molecular flexibility index (Phi) is 5.02. The Balaban J connectivity index is 1.38. The van der Waals surface area contributed by atoms with E-state index in [1.165, 1.54) is 17.5 Å². The fraction of sp³-hybridized carbons (Fsp3) is 0.455. The Morgan fingerprint density at radius 1 is 0.923 bits per heavy atom. The van der Waals surface area contributed by atoms with Gasteiger partial charge in [0.1, 0.15) is 12.4 Å². The van der Waals surface area contributed by atoms with E-state index in [1.807, 2.05) is 24.3 Å². The van der Waals surface area contributed by atoms with Crippen molar-refractivity contribution < 1.29 is 14.2 Å². The molecule has 2 atom stereocenters. The first-order chi connectivity index (χ1) is 12.8. The Hall–Kier alpha value is -2.20. The molecule has 0 radical (unpaired) electrons. The summed E-state index contributed by atoms with van der Waals surface area (Å²) in [5.74, 6) is 4.05. The van der Waals surface area contributed by atoms with E-state index in [0.29, 0.717) is 12.5 Å². The molecule has 0 aromatic heterocycles. The second-order valence-electron chi connectivity index (χ2n) is 7.19. The summed E-state index contributed by atoms with van der Waals surface area (Å²) in [5.41, 5.74) is 2.91. The third kappa shape index (κ3) is 3.26. The molecule has 1 saturated heterocycles. The fourth-order valence-corrected chi connectivity index (χ4v) is 4.53. The highest BCUT2D eigenvalue weighted by molar-refractivity contribution is 5.45. The number of ether oxygens (including phenoxy) is 3. The molecule has 26 heavy (non-hydrogen) atoms. The zero-order valence-electron chi connectivity index (χ0n) is 15.6. The Labute approximate surface area is 155 Å². The van der Waals surface area contributed by atoms with E-state index in [2.05, 4.69) is 23.1 Å². The molecule has 0 amide bonds. The molecule has 2 aromatic rings. The highest BCUT2D eigenvalue weighted by atomic mass is 16.5. The predicted octanol–water partition coefficient (Wildman–Crippen LogP) is 3.74. The summed E-state index contributed by atoms with van der Waals surface area (Å²) in [6.07, 6.45) is 2.38. The van der Waals surface area contributed by atoms with Crippen LogP contribution in [0, 0.1) is 5.92 Å². The van der Waals surface area contributed by atoms with Gasteiger partial charge in [-0.1, -0.05) is 24.3 Å². The van der Waals surface area contributed by atoms with E-state index in [4.69, 9.17) is 14.2 Å². The molecule has 0 saturated carbocycles. The zero-order valence-corrected chi connectivity index (χ0v) is 15.6. The van der Waals surface area contributed by atoms with Crippen LogP contribution in [0.4, 0.5) is 0 Å². The van der Waals surface area contributed by atoms with Crippen molar-refractivity contribution in [1.82, 2.24) is 4.90 Å². The van der Waals surface area contributed by atoms with Gasteiger partial charge in [-0.2, -0.15) is 0 Å². The van der Waals surface area contributed by atoms with Crippen molar-refractivity contribution in [1.29, 1.82) is 0 Å². The molecule has 4 rings (SSSR count). The van der Waals surface area contributed by atoms with Gasteiger partial charge in [0.15, 0.2) is 11.5 Å².